The van der Waals surface area contributed by atoms with E-state index in [1.807, 2.05) is 30.3 Å². The Morgan fingerprint density at radius 1 is 1.11 bits per heavy atom. The molecule has 2 aromatic carbocycles. The maximum absolute atomic E-state index is 8.86. The summed E-state index contributed by atoms with van der Waals surface area (Å²) in [6.45, 7) is 0.521. The minimum Gasteiger partial charge on any atom is -0.457 e. The molecule has 0 amide bonds. The zero-order chi connectivity index (χ0) is 13.7. The summed E-state index contributed by atoms with van der Waals surface area (Å²) in [4.78, 5) is 0. The van der Waals surface area contributed by atoms with Crippen LogP contribution < -0.4 is 10.5 Å². The van der Waals surface area contributed by atoms with E-state index >= 15 is 0 Å². The van der Waals surface area contributed by atoms with Crippen LogP contribution in [0.1, 0.15) is 11.1 Å². The van der Waals surface area contributed by atoms with Crippen LogP contribution in [0.25, 0.3) is 0 Å². The van der Waals surface area contributed by atoms with Crippen LogP contribution in [-0.2, 0) is 13.0 Å². The highest BCUT2D eigenvalue weighted by Crippen LogP contribution is 2.27. The van der Waals surface area contributed by atoms with Gasteiger partial charge in [-0.3, -0.25) is 0 Å². The van der Waals surface area contributed by atoms with Crippen LogP contribution in [0.2, 0.25) is 5.02 Å². The maximum atomic E-state index is 8.86. The predicted octanol–water partition coefficient (Wildman–Crippen LogP) is 3.13. The number of ether oxygens (including phenoxy) is 1. The van der Waals surface area contributed by atoms with Gasteiger partial charge in [0.2, 0.25) is 0 Å². The number of rotatable bonds is 5. The molecule has 0 aromatic heterocycles. The van der Waals surface area contributed by atoms with Crippen molar-refractivity contribution in [2.24, 2.45) is 5.73 Å². The Kier molecular flexibility index (Phi) is 4.80. The fourth-order valence-electron chi connectivity index (χ4n) is 1.79. The van der Waals surface area contributed by atoms with Crippen molar-refractivity contribution >= 4 is 11.6 Å². The number of aliphatic hydroxyl groups excluding tert-OH is 1. The van der Waals surface area contributed by atoms with E-state index in [0.717, 1.165) is 16.9 Å². The molecule has 0 aliphatic heterocycles. The number of hydrogen-bond donors (Lipinski definition) is 2. The fourth-order valence-corrected chi connectivity index (χ4v) is 1.98. The first-order valence-corrected chi connectivity index (χ1v) is 6.47. The minimum atomic E-state index is 0.148. The SMILES string of the molecule is NCc1cc(Cl)ccc1Oc1ccc(CCO)cc1. The van der Waals surface area contributed by atoms with Gasteiger partial charge in [-0.1, -0.05) is 23.7 Å². The second-order valence-electron chi connectivity index (χ2n) is 4.18. The molecule has 0 fully saturated rings. The van der Waals surface area contributed by atoms with Gasteiger partial charge in [-0.15, -0.1) is 0 Å². The highest BCUT2D eigenvalue weighted by Gasteiger charge is 2.05. The summed E-state index contributed by atoms with van der Waals surface area (Å²) in [7, 11) is 0. The molecule has 100 valence electrons. The lowest BCUT2D eigenvalue weighted by Crippen LogP contribution is -1.99. The Bertz CT molecular complexity index is 540. The smallest absolute Gasteiger partial charge is 0.132 e. The fraction of sp³-hybridized carbons (Fsp3) is 0.200. The van der Waals surface area contributed by atoms with Gasteiger partial charge in [-0.05, 0) is 42.3 Å². The summed E-state index contributed by atoms with van der Waals surface area (Å²) in [5, 5.41) is 9.51. The number of benzene rings is 2. The molecule has 19 heavy (non-hydrogen) atoms. The molecule has 0 saturated carbocycles. The lowest BCUT2D eigenvalue weighted by molar-refractivity contribution is 0.299. The Balaban J connectivity index is 2.16. The van der Waals surface area contributed by atoms with E-state index in [2.05, 4.69) is 0 Å². The van der Waals surface area contributed by atoms with Gasteiger partial charge in [0.05, 0.1) is 0 Å². The van der Waals surface area contributed by atoms with E-state index < -0.39 is 0 Å². The average Bonchev–Trinajstić information content (AvgIpc) is 2.43. The zero-order valence-electron chi connectivity index (χ0n) is 10.5. The molecular formula is C15H16ClNO2. The third-order valence-corrected chi connectivity index (χ3v) is 3.03. The predicted molar refractivity (Wildman–Crippen MR) is 76.6 cm³/mol. The van der Waals surface area contributed by atoms with Crippen LogP contribution in [-0.4, -0.2) is 11.7 Å². The third kappa shape index (κ3) is 3.70. The first kappa shape index (κ1) is 13.9. The standard InChI is InChI=1S/C15H16ClNO2/c16-13-3-6-15(12(9-13)10-17)19-14-4-1-11(2-5-14)7-8-18/h1-6,9,18H,7-8,10,17H2. The lowest BCUT2D eigenvalue weighted by atomic mass is 10.1. The number of halogens is 1. The van der Waals surface area contributed by atoms with Gasteiger partial charge < -0.3 is 15.6 Å². The van der Waals surface area contributed by atoms with E-state index in [-0.39, 0.29) is 6.61 Å². The molecule has 3 nitrogen and oxygen atoms in total. The lowest BCUT2D eigenvalue weighted by Gasteiger charge is -2.10. The summed E-state index contributed by atoms with van der Waals surface area (Å²) in [5.41, 5.74) is 7.61. The van der Waals surface area contributed by atoms with E-state index in [1.54, 1.807) is 12.1 Å². The Labute approximate surface area is 117 Å². The van der Waals surface area contributed by atoms with Gasteiger partial charge in [-0.25, -0.2) is 0 Å². The summed E-state index contributed by atoms with van der Waals surface area (Å²) in [6, 6.07) is 13.0. The van der Waals surface area contributed by atoms with Gasteiger partial charge >= 0.3 is 0 Å². The van der Waals surface area contributed by atoms with Crippen LogP contribution in [0.4, 0.5) is 0 Å². The Hall–Kier alpha value is -1.55. The van der Waals surface area contributed by atoms with Crippen molar-refractivity contribution < 1.29 is 9.84 Å². The largest absolute Gasteiger partial charge is 0.457 e. The monoisotopic (exact) mass is 277 g/mol. The van der Waals surface area contributed by atoms with E-state index in [1.165, 1.54) is 0 Å². The first-order chi connectivity index (χ1) is 9.22. The molecule has 3 N–H and O–H groups in total. The number of nitrogens with two attached hydrogens (primary N) is 1. The van der Waals surface area contributed by atoms with Crippen molar-refractivity contribution in [3.8, 4) is 11.5 Å². The van der Waals surface area contributed by atoms with Crippen LogP contribution in [0.3, 0.4) is 0 Å². The summed E-state index contributed by atoms with van der Waals surface area (Å²) in [5.74, 6) is 1.44. The minimum absolute atomic E-state index is 0.148. The van der Waals surface area contributed by atoms with Crippen LogP contribution in [0.15, 0.2) is 42.5 Å². The molecule has 0 unspecified atom stereocenters. The maximum Gasteiger partial charge on any atom is 0.132 e. The van der Waals surface area contributed by atoms with Crippen molar-refractivity contribution in [1.29, 1.82) is 0 Å². The Morgan fingerprint density at radius 3 is 2.47 bits per heavy atom. The molecule has 0 radical (unpaired) electrons. The summed E-state index contributed by atoms with van der Waals surface area (Å²) < 4.78 is 5.79. The van der Waals surface area contributed by atoms with Crippen LogP contribution in [0.5, 0.6) is 11.5 Å². The van der Waals surface area contributed by atoms with E-state index in [9.17, 15) is 0 Å². The molecule has 0 saturated heterocycles. The molecule has 0 bridgehead atoms. The van der Waals surface area contributed by atoms with Crippen molar-refractivity contribution in [2.45, 2.75) is 13.0 Å². The van der Waals surface area contributed by atoms with Gasteiger partial charge in [0.1, 0.15) is 11.5 Å². The molecule has 0 spiro atoms. The molecular weight excluding hydrogens is 262 g/mol. The zero-order valence-corrected chi connectivity index (χ0v) is 11.2. The van der Waals surface area contributed by atoms with Crippen molar-refractivity contribution in [1.82, 2.24) is 0 Å². The van der Waals surface area contributed by atoms with Crippen molar-refractivity contribution in [3.63, 3.8) is 0 Å². The van der Waals surface area contributed by atoms with Crippen LogP contribution >= 0.6 is 11.6 Å². The summed E-state index contributed by atoms with van der Waals surface area (Å²) >= 11 is 5.92. The topological polar surface area (TPSA) is 55.5 Å². The van der Waals surface area contributed by atoms with Crippen molar-refractivity contribution in [3.05, 3.63) is 58.6 Å². The normalized spacial score (nSPS) is 10.5. The third-order valence-electron chi connectivity index (χ3n) is 2.79. The molecule has 2 rings (SSSR count). The van der Waals surface area contributed by atoms with Gasteiger partial charge in [-0.2, -0.15) is 0 Å². The molecule has 0 aliphatic carbocycles. The van der Waals surface area contributed by atoms with E-state index in [4.69, 9.17) is 27.2 Å². The molecule has 2 aromatic rings. The number of aliphatic hydroxyl groups is 1. The highest BCUT2D eigenvalue weighted by atomic mass is 35.5. The van der Waals surface area contributed by atoms with Gasteiger partial charge in [0, 0.05) is 23.7 Å². The van der Waals surface area contributed by atoms with E-state index in [0.29, 0.717) is 23.7 Å². The highest BCUT2D eigenvalue weighted by molar-refractivity contribution is 6.30. The Morgan fingerprint density at radius 2 is 1.84 bits per heavy atom. The molecule has 4 heteroatoms. The first-order valence-electron chi connectivity index (χ1n) is 6.09. The second kappa shape index (κ2) is 6.57. The second-order valence-corrected chi connectivity index (χ2v) is 4.61. The molecule has 0 heterocycles. The van der Waals surface area contributed by atoms with Crippen molar-refractivity contribution in [2.75, 3.05) is 6.61 Å². The van der Waals surface area contributed by atoms with Gasteiger partial charge in [0.15, 0.2) is 0 Å². The van der Waals surface area contributed by atoms with Gasteiger partial charge in [0.25, 0.3) is 0 Å². The quantitative estimate of drug-likeness (QED) is 0.883. The summed E-state index contributed by atoms with van der Waals surface area (Å²) in [6.07, 6.45) is 0.648. The molecule has 0 atom stereocenters. The number of hydrogen-bond acceptors (Lipinski definition) is 3. The molecule has 0 aliphatic rings. The average molecular weight is 278 g/mol. The van der Waals surface area contributed by atoms with Crippen LogP contribution in [0, 0.1) is 0 Å².